The second kappa shape index (κ2) is 8.78. The Hall–Kier alpha value is -2.34. The fourth-order valence-electron chi connectivity index (χ4n) is 3.84. The molecule has 0 unspecified atom stereocenters. The van der Waals surface area contributed by atoms with E-state index >= 15 is 0 Å². The van der Waals surface area contributed by atoms with Crippen molar-refractivity contribution >= 4 is 21.6 Å². The quantitative estimate of drug-likeness (QED) is 0.775. The zero-order valence-corrected chi connectivity index (χ0v) is 17.3. The van der Waals surface area contributed by atoms with Gasteiger partial charge in [0.2, 0.25) is 0 Å². The highest BCUT2D eigenvalue weighted by atomic mass is 32.2. The Kier molecular flexibility index (Phi) is 6.39. The highest BCUT2D eigenvalue weighted by Gasteiger charge is 2.26. The van der Waals surface area contributed by atoms with Crippen molar-refractivity contribution in [3.8, 4) is 0 Å². The topological polar surface area (TPSA) is 66.5 Å². The van der Waals surface area contributed by atoms with E-state index in [0.29, 0.717) is 11.3 Å². The molecule has 0 saturated heterocycles. The second-order valence-corrected chi connectivity index (χ2v) is 9.18. The molecule has 0 aromatic heterocycles. The molecule has 1 amide bonds. The smallest absolute Gasteiger partial charge is 0.261 e. The third-order valence-corrected chi connectivity index (χ3v) is 7.07. The molecule has 1 fully saturated rings. The van der Waals surface area contributed by atoms with Gasteiger partial charge in [-0.1, -0.05) is 37.6 Å². The fraction of sp³-hybridized carbons (Fsp3) is 0.409. The summed E-state index contributed by atoms with van der Waals surface area (Å²) in [5, 5.41) is 0. The van der Waals surface area contributed by atoms with Crippen LogP contribution in [0, 0.1) is 5.92 Å². The van der Waals surface area contributed by atoms with Gasteiger partial charge in [0, 0.05) is 24.3 Å². The van der Waals surface area contributed by atoms with Crippen molar-refractivity contribution in [1.29, 1.82) is 0 Å². The van der Waals surface area contributed by atoms with Crippen molar-refractivity contribution in [2.24, 2.45) is 5.92 Å². The summed E-state index contributed by atoms with van der Waals surface area (Å²) in [6.45, 7) is 2.22. The van der Waals surface area contributed by atoms with Crippen LogP contribution in [0.2, 0.25) is 0 Å². The summed E-state index contributed by atoms with van der Waals surface area (Å²) in [6.07, 6.45) is 5.58. The lowest BCUT2D eigenvalue weighted by atomic mass is 9.84. The summed E-state index contributed by atoms with van der Waals surface area (Å²) in [7, 11) is -1.83. The normalized spacial score (nSPS) is 19.8. The van der Waals surface area contributed by atoms with E-state index in [4.69, 9.17) is 0 Å². The van der Waals surface area contributed by atoms with Gasteiger partial charge in [-0.2, -0.15) is 0 Å². The van der Waals surface area contributed by atoms with E-state index in [1.165, 1.54) is 18.6 Å². The molecule has 6 heteroatoms. The fourth-order valence-corrected chi connectivity index (χ4v) is 4.91. The van der Waals surface area contributed by atoms with Gasteiger partial charge in [0.1, 0.15) is 0 Å². The zero-order chi connectivity index (χ0) is 20.1. The first kappa shape index (κ1) is 20.4. The van der Waals surface area contributed by atoms with Crippen molar-refractivity contribution in [1.82, 2.24) is 4.90 Å². The van der Waals surface area contributed by atoms with Crippen LogP contribution in [-0.4, -0.2) is 32.3 Å². The molecule has 2 aromatic rings. The van der Waals surface area contributed by atoms with Crippen LogP contribution in [0.4, 0.5) is 5.69 Å². The second-order valence-electron chi connectivity index (χ2n) is 7.50. The lowest BCUT2D eigenvalue weighted by molar-refractivity contribution is 0.0674. The minimum Gasteiger partial charge on any atom is -0.339 e. The molecule has 1 saturated carbocycles. The van der Waals surface area contributed by atoms with E-state index in [-0.39, 0.29) is 16.8 Å². The van der Waals surface area contributed by atoms with E-state index in [0.717, 1.165) is 31.6 Å². The van der Waals surface area contributed by atoms with Gasteiger partial charge in [-0.25, -0.2) is 8.42 Å². The summed E-state index contributed by atoms with van der Waals surface area (Å²) in [5.41, 5.74) is 0.881. The number of rotatable bonds is 6. The Morgan fingerprint density at radius 1 is 1.04 bits per heavy atom. The van der Waals surface area contributed by atoms with E-state index < -0.39 is 10.0 Å². The Morgan fingerprint density at radius 3 is 2.36 bits per heavy atom. The number of carbonyl (C=O) groups is 1. The van der Waals surface area contributed by atoms with Crippen LogP contribution in [0.1, 0.15) is 49.4 Å². The van der Waals surface area contributed by atoms with Crippen molar-refractivity contribution in [2.45, 2.75) is 50.0 Å². The van der Waals surface area contributed by atoms with Crippen LogP contribution in [-0.2, 0) is 10.0 Å². The van der Waals surface area contributed by atoms with Crippen LogP contribution in [0.15, 0.2) is 59.5 Å². The number of hydrogen-bond acceptors (Lipinski definition) is 3. The first-order valence-corrected chi connectivity index (χ1v) is 11.3. The van der Waals surface area contributed by atoms with Crippen molar-refractivity contribution in [3.05, 3.63) is 60.2 Å². The first-order valence-electron chi connectivity index (χ1n) is 9.86. The SMILES string of the molecule is CCC1CCC(N(C)C(=O)c2cccc(NS(=O)(=O)c3ccccc3)c2)CC1. The molecule has 2 aromatic carbocycles. The maximum Gasteiger partial charge on any atom is 0.261 e. The van der Waals surface area contributed by atoms with E-state index in [1.54, 1.807) is 42.5 Å². The van der Waals surface area contributed by atoms with Crippen LogP contribution in [0.3, 0.4) is 0 Å². The number of sulfonamides is 1. The molecule has 150 valence electrons. The number of anilines is 1. The molecular weight excluding hydrogens is 372 g/mol. The molecule has 1 aliphatic carbocycles. The van der Waals surface area contributed by atoms with Gasteiger partial charge in [-0.3, -0.25) is 9.52 Å². The van der Waals surface area contributed by atoms with E-state index in [2.05, 4.69) is 11.6 Å². The average molecular weight is 401 g/mol. The standard InChI is InChI=1S/C22H28N2O3S/c1-3-17-12-14-20(15-13-17)24(2)22(25)18-8-7-9-19(16-18)23-28(26,27)21-10-5-4-6-11-21/h4-11,16-17,20,23H,3,12-15H2,1-2H3. The number of amides is 1. The van der Waals surface area contributed by atoms with Gasteiger partial charge >= 0.3 is 0 Å². The predicted octanol–water partition coefficient (Wildman–Crippen LogP) is 4.53. The summed E-state index contributed by atoms with van der Waals surface area (Å²) in [5.74, 6) is 0.705. The molecule has 0 spiro atoms. The van der Waals surface area contributed by atoms with Crippen LogP contribution >= 0.6 is 0 Å². The molecule has 5 nitrogen and oxygen atoms in total. The molecule has 1 N–H and O–H groups in total. The number of nitrogens with zero attached hydrogens (tertiary/aromatic N) is 1. The first-order chi connectivity index (χ1) is 13.4. The highest BCUT2D eigenvalue weighted by Crippen LogP contribution is 2.29. The van der Waals surface area contributed by atoms with Crippen molar-refractivity contribution in [2.75, 3.05) is 11.8 Å². The van der Waals surface area contributed by atoms with Crippen molar-refractivity contribution in [3.63, 3.8) is 0 Å². The van der Waals surface area contributed by atoms with E-state index in [1.807, 2.05) is 11.9 Å². The summed E-state index contributed by atoms with van der Waals surface area (Å²) in [6, 6.07) is 15.2. The zero-order valence-electron chi connectivity index (χ0n) is 16.5. The van der Waals surface area contributed by atoms with Gasteiger partial charge in [-0.05, 0) is 61.9 Å². The molecule has 0 radical (unpaired) electrons. The van der Waals surface area contributed by atoms with Gasteiger partial charge in [-0.15, -0.1) is 0 Å². The summed E-state index contributed by atoms with van der Waals surface area (Å²) >= 11 is 0. The number of hydrogen-bond donors (Lipinski definition) is 1. The monoisotopic (exact) mass is 400 g/mol. The summed E-state index contributed by atoms with van der Waals surface area (Å²) < 4.78 is 27.6. The molecule has 0 atom stereocenters. The number of nitrogens with one attached hydrogen (secondary N) is 1. The van der Waals surface area contributed by atoms with Crippen LogP contribution in [0.25, 0.3) is 0 Å². The summed E-state index contributed by atoms with van der Waals surface area (Å²) in [4.78, 5) is 14.9. The number of benzene rings is 2. The minimum atomic E-state index is -3.68. The number of carbonyl (C=O) groups excluding carboxylic acids is 1. The third kappa shape index (κ3) is 4.73. The predicted molar refractivity (Wildman–Crippen MR) is 112 cm³/mol. The molecule has 0 bridgehead atoms. The van der Waals surface area contributed by atoms with Crippen LogP contribution < -0.4 is 4.72 Å². The van der Waals surface area contributed by atoms with Gasteiger partial charge in [0.05, 0.1) is 4.90 Å². The van der Waals surface area contributed by atoms with E-state index in [9.17, 15) is 13.2 Å². The van der Waals surface area contributed by atoms with Gasteiger partial charge in [0.25, 0.3) is 15.9 Å². The van der Waals surface area contributed by atoms with Gasteiger partial charge in [0.15, 0.2) is 0 Å². The minimum absolute atomic E-state index is 0.0688. The molecule has 0 aliphatic heterocycles. The molecule has 0 heterocycles. The Balaban J connectivity index is 1.71. The maximum absolute atomic E-state index is 12.9. The van der Waals surface area contributed by atoms with Crippen molar-refractivity contribution < 1.29 is 13.2 Å². The Labute approximate surface area is 167 Å². The molecule has 1 aliphatic rings. The lowest BCUT2D eigenvalue weighted by Gasteiger charge is -2.34. The average Bonchev–Trinajstić information content (AvgIpc) is 2.73. The van der Waals surface area contributed by atoms with Gasteiger partial charge < -0.3 is 4.90 Å². The maximum atomic E-state index is 12.9. The Bertz CT molecular complexity index is 904. The molecule has 28 heavy (non-hydrogen) atoms. The largest absolute Gasteiger partial charge is 0.339 e. The Morgan fingerprint density at radius 2 is 1.71 bits per heavy atom. The molecular formula is C22H28N2O3S. The third-order valence-electron chi connectivity index (χ3n) is 5.68. The lowest BCUT2D eigenvalue weighted by Crippen LogP contribution is -2.39. The van der Waals surface area contributed by atoms with Crippen LogP contribution in [0.5, 0.6) is 0 Å². The highest BCUT2D eigenvalue weighted by molar-refractivity contribution is 7.92. The molecule has 3 rings (SSSR count).